The average molecular weight is 323 g/mol. The van der Waals surface area contributed by atoms with Crippen LogP contribution >= 0.6 is 0 Å². The number of aryl methyl sites for hydroxylation is 1. The molecule has 4 rings (SSSR count). The van der Waals surface area contributed by atoms with E-state index in [0.717, 1.165) is 24.8 Å². The Hall–Kier alpha value is -2.56. The van der Waals surface area contributed by atoms with Gasteiger partial charge in [0.1, 0.15) is 12.6 Å². The lowest BCUT2D eigenvalue weighted by atomic mass is 10.2. The zero-order valence-electron chi connectivity index (χ0n) is 13.8. The molecule has 0 bridgehead atoms. The maximum Gasteiger partial charge on any atom is 0.326 e. The Morgan fingerprint density at radius 2 is 2.17 bits per heavy atom. The highest BCUT2D eigenvalue weighted by Gasteiger charge is 2.32. The number of ether oxygens (including phenoxy) is 1. The molecule has 124 valence electrons. The highest BCUT2D eigenvalue weighted by molar-refractivity contribution is 5.85. The van der Waals surface area contributed by atoms with Gasteiger partial charge in [0.05, 0.1) is 6.04 Å². The van der Waals surface area contributed by atoms with E-state index in [4.69, 9.17) is 4.74 Å². The van der Waals surface area contributed by atoms with Crippen molar-refractivity contribution in [2.24, 2.45) is 0 Å². The summed E-state index contributed by atoms with van der Waals surface area (Å²) in [6, 6.07) is 10.2. The Morgan fingerprint density at radius 3 is 3.00 bits per heavy atom. The number of hydrogen-bond donors (Lipinski definition) is 0. The van der Waals surface area contributed by atoms with E-state index in [9.17, 15) is 4.79 Å². The largest absolute Gasteiger partial charge is 0.459 e. The summed E-state index contributed by atoms with van der Waals surface area (Å²) in [7, 11) is 0. The summed E-state index contributed by atoms with van der Waals surface area (Å²) in [5, 5.41) is 5.49. The number of carbonyl (C=O) groups excluding carboxylic acids is 1. The number of nitrogens with zero attached hydrogens (tertiary/aromatic N) is 3. The molecule has 2 aromatic heterocycles. The second-order valence-corrected chi connectivity index (χ2v) is 6.47. The van der Waals surface area contributed by atoms with Crippen molar-refractivity contribution >= 4 is 16.9 Å². The molecule has 0 saturated heterocycles. The van der Waals surface area contributed by atoms with Gasteiger partial charge < -0.3 is 9.30 Å². The molecule has 1 aromatic carbocycles. The van der Waals surface area contributed by atoms with Gasteiger partial charge >= 0.3 is 5.97 Å². The van der Waals surface area contributed by atoms with Crippen LogP contribution in [-0.2, 0) is 16.1 Å². The van der Waals surface area contributed by atoms with Gasteiger partial charge in [0.2, 0.25) is 0 Å². The number of hydrogen-bond acceptors (Lipinski definition) is 3. The van der Waals surface area contributed by atoms with Crippen LogP contribution in [0.2, 0.25) is 0 Å². The monoisotopic (exact) mass is 323 g/mol. The predicted octanol–water partition coefficient (Wildman–Crippen LogP) is 3.48. The van der Waals surface area contributed by atoms with Crippen LogP contribution in [0.5, 0.6) is 0 Å². The molecule has 1 fully saturated rings. The molecule has 5 heteroatoms. The van der Waals surface area contributed by atoms with Crippen LogP contribution in [0.4, 0.5) is 0 Å². The fourth-order valence-corrected chi connectivity index (χ4v) is 3.73. The molecule has 5 nitrogen and oxygen atoms in total. The van der Waals surface area contributed by atoms with E-state index in [1.165, 1.54) is 10.9 Å². The molecule has 2 atom stereocenters. The number of aromatic nitrogens is 3. The highest BCUT2D eigenvalue weighted by atomic mass is 16.5. The summed E-state index contributed by atoms with van der Waals surface area (Å²) < 4.78 is 9.68. The zero-order chi connectivity index (χ0) is 16.5. The number of benzene rings is 1. The van der Waals surface area contributed by atoms with E-state index in [1.54, 1.807) is 6.20 Å². The number of fused-ring (bicyclic) bond motifs is 1. The molecule has 0 N–H and O–H groups in total. The number of esters is 1. The summed E-state index contributed by atoms with van der Waals surface area (Å²) in [6.45, 7) is 2.31. The van der Waals surface area contributed by atoms with Crippen LogP contribution in [0.1, 0.15) is 30.9 Å². The first-order chi connectivity index (χ1) is 11.7. The third kappa shape index (κ3) is 2.70. The third-order valence-electron chi connectivity index (χ3n) is 4.85. The van der Waals surface area contributed by atoms with Crippen molar-refractivity contribution in [2.45, 2.75) is 44.9 Å². The minimum absolute atomic E-state index is 0.0830. The van der Waals surface area contributed by atoms with E-state index < -0.39 is 0 Å². The van der Waals surface area contributed by atoms with Gasteiger partial charge in [0.15, 0.2) is 0 Å². The maximum atomic E-state index is 12.5. The van der Waals surface area contributed by atoms with Crippen molar-refractivity contribution in [3.8, 4) is 0 Å². The molecule has 0 amide bonds. The zero-order valence-corrected chi connectivity index (χ0v) is 13.8. The van der Waals surface area contributed by atoms with Crippen molar-refractivity contribution in [3.63, 3.8) is 0 Å². The Morgan fingerprint density at radius 1 is 1.29 bits per heavy atom. The van der Waals surface area contributed by atoms with Crippen LogP contribution in [0, 0.1) is 6.92 Å². The van der Waals surface area contributed by atoms with Crippen molar-refractivity contribution in [2.75, 3.05) is 0 Å². The lowest BCUT2D eigenvalue weighted by molar-refractivity contribution is -0.151. The Labute approximate surface area is 140 Å². The van der Waals surface area contributed by atoms with Crippen LogP contribution in [-0.4, -0.2) is 26.4 Å². The van der Waals surface area contributed by atoms with Crippen molar-refractivity contribution in [1.29, 1.82) is 0 Å². The molecule has 1 aliphatic carbocycles. The normalized spacial score (nSPS) is 20.5. The molecular formula is C19H21N3O2. The standard InChI is InChI=1S/C19H21N3O2/c1-14-12-21(16-7-3-2-6-15(14)16)13-19(23)24-18-9-4-8-17(18)22-11-5-10-20-22/h2-3,5-7,10-12,17-18H,4,8-9,13H2,1H3/t17-,18-/m1/s1. The molecule has 0 spiro atoms. The molecule has 0 radical (unpaired) electrons. The van der Waals surface area contributed by atoms with Gasteiger partial charge in [0, 0.05) is 29.5 Å². The Kier molecular flexibility index (Phi) is 3.84. The smallest absolute Gasteiger partial charge is 0.326 e. The van der Waals surface area contributed by atoms with Gasteiger partial charge in [0.25, 0.3) is 0 Å². The van der Waals surface area contributed by atoms with Gasteiger partial charge in [-0.05, 0) is 43.9 Å². The number of rotatable bonds is 4. The van der Waals surface area contributed by atoms with Crippen molar-refractivity contribution in [3.05, 3.63) is 54.5 Å². The summed E-state index contributed by atoms with van der Waals surface area (Å²) in [5.74, 6) is -0.181. The summed E-state index contributed by atoms with van der Waals surface area (Å²) in [4.78, 5) is 12.5. The topological polar surface area (TPSA) is 49.0 Å². The first-order valence-electron chi connectivity index (χ1n) is 8.45. The van der Waals surface area contributed by atoms with Gasteiger partial charge in [-0.25, -0.2) is 0 Å². The van der Waals surface area contributed by atoms with E-state index in [1.807, 2.05) is 45.9 Å². The third-order valence-corrected chi connectivity index (χ3v) is 4.85. The molecular weight excluding hydrogens is 302 g/mol. The minimum atomic E-state index is -0.181. The average Bonchev–Trinajstić information content (AvgIpc) is 3.29. The second-order valence-electron chi connectivity index (χ2n) is 6.47. The predicted molar refractivity (Wildman–Crippen MR) is 91.7 cm³/mol. The highest BCUT2D eigenvalue weighted by Crippen LogP contribution is 2.32. The van der Waals surface area contributed by atoms with Gasteiger partial charge in [-0.1, -0.05) is 18.2 Å². The van der Waals surface area contributed by atoms with Gasteiger partial charge in [-0.15, -0.1) is 0 Å². The van der Waals surface area contributed by atoms with E-state index in [-0.39, 0.29) is 24.7 Å². The summed E-state index contributed by atoms with van der Waals surface area (Å²) >= 11 is 0. The molecule has 2 heterocycles. The van der Waals surface area contributed by atoms with Gasteiger partial charge in [-0.3, -0.25) is 9.48 Å². The SMILES string of the molecule is Cc1cn(CC(=O)O[C@@H]2CCC[C@H]2n2cccn2)c2ccccc12. The van der Waals surface area contributed by atoms with Crippen LogP contribution in [0.3, 0.4) is 0 Å². The van der Waals surface area contributed by atoms with Crippen molar-refractivity contribution in [1.82, 2.24) is 14.3 Å². The van der Waals surface area contributed by atoms with Crippen LogP contribution < -0.4 is 0 Å². The maximum absolute atomic E-state index is 12.5. The second kappa shape index (κ2) is 6.15. The molecule has 0 unspecified atom stereocenters. The summed E-state index contributed by atoms with van der Waals surface area (Å²) in [5.41, 5.74) is 2.25. The van der Waals surface area contributed by atoms with Crippen LogP contribution in [0.15, 0.2) is 48.9 Å². The first kappa shape index (κ1) is 15.0. The molecule has 24 heavy (non-hydrogen) atoms. The lowest BCUT2D eigenvalue weighted by Crippen LogP contribution is -2.27. The van der Waals surface area contributed by atoms with Crippen molar-refractivity contribution < 1.29 is 9.53 Å². The molecule has 0 aliphatic heterocycles. The van der Waals surface area contributed by atoms with Gasteiger partial charge in [-0.2, -0.15) is 5.10 Å². The lowest BCUT2D eigenvalue weighted by Gasteiger charge is -2.20. The number of carbonyl (C=O) groups is 1. The van der Waals surface area contributed by atoms with E-state index in [2.05, 4.69) is 18.1 Å². The minimum Gasteiger partial charge on any atom is -0.459 e. The van der Waals surface area contributed by atoms with E-state index in [0.29, 0.717) is 0 Å². The van der Waals surface area contributed by atoms with Crippen LogP contribution in [0.25, 0.3) is 10.9 Å². The molecule has 1 aliphatic rings. The Bertz CT molecular complexity index is 851. The number of para-hydroxylation sites is 1. The fourth-order valence-electron chi connectivity index (χ4n) is 3.73. The fraction of sp³-hybridized carbons (Fsp3) is 0.368. The van der Waals surface area contributed by atoms with E-state index >= 15 is 0 Å². The molecule has 1 saturated carbocycles. The quantitative estimate of drug-likeness (QED) is 0.691. The molecule has 3 aromatic rings. The first-order valence-corrected chi connectivity index (χ1v) is 8.45. The summed E-state index contributed by atoms with van der Waals surface area (Å²) in [6.07, 6.45) is 8.62. The Balaban J connectivity index is 1.48.